The summed E-state index contributed by atoms with van der Waals surface area (Å²) in [5, 5.41) is 38.8. The van der Waals surface area contributed by atoms with Crippen LogP contribution in [0.5, 0.6) is 0 Å². The number of rotatable bonds is 13. The fraction of sp³-hybridized carbons (Fsp3) is 0.850. The first-order valence-electron chi connectivity index (χ1n) is 9.97. The molecular formula is C20H34F2O5. The normalized spacial score (nSPS) is 27.3. The quantitative estimate of drug-likeness (QED) is 0.284. The van der Waals surface area contributed by atoms with E-state index in [-0.39, 0.29) is 43.9 Å². The van der Waals surface area contributed by atoms with Crippen LogP contribution in [0.15, 0.2) is 12.2 Å². The Hall–Kier alpha value is -1.05. The first-order valence-corrected chi connectivity index (χ1v) is 9.97. The number of hydrogen-bond acceptors (Lipinski definition) is 4. The van der Waals surface area contributed by atoms with Crippen LogP contribution in [0.2, 0.25) is 0 Å². The predicted octanol–water partition coefficient (Wildman–Crippen LogP) is 3.51. The Kier molecular flexibility index (Phi) is 10.4. The molecule has 158 valence electrons. The monoisotopic (exact) mass is 392 g/mol. The maximum Gasteiger partial charge on any atom is 0.303 e. The van der Waals surface area contributed by atoms with Gasteiger partial charge in [0, 0.05) is 12.8 Å². The molecule has 0 heterocycles. The predicted molar refractivity (Wildman–Crippen MR) is 98.6 cm³/mol. The minimum Gasteiger partial charge on any atom is -0.481 e. The van der Waals surface area contributed by atoms with Crippen molar-refractivity contribution in [3.63, 3.8) is 0 Å². The molecule has 1 saturated carbocycles. The Labute approximate surface area is 160 Å². The van der Waals surface area contributed by atoms with Gasteiger partial charge in [-0.2, -0.15) is 0 Å². The van der Waals surface area contributed by atoms with Gasteiger partial charge in [-0.1, -0.05) is 25.5 Å². The molecule has 1 aliphatic carbocycles. The molecule has 0 spiro atoms. The molecule has 27 heavy (non-hydrogen) atoms. The fourth-order valence-electron chi connectivity index (χ4n) is 3.79. The molecule has 1 fully saturated rings. The lowest BCUT2D eigenvalue weighted by molar-refractivity contribution is -0.137. The van der Waals surface area contributed by atoms with Crippen molar-refractivity contribution in [2.24, 2.45) is 11.8 Å². The summed E-state index contributed by atoms with van der Waals surface area (Å²) < 4.78 is 27.8. The molecule has 5 nitrogen and oxygen atoms in total. The second kappa shape index (κ2) is 11.7. The third-order valence-electron chi connectivity index (χ3n) is 5.48. The lowest BCUT2D eigenvalue weighted by Gasteiger charge is -2.27. The Morgan fingerprint density at radius 2 is 1.85 bits per heavy atom. The van der Waals surface area contributed by atoms with Crippen LogP contribution in [0.3, 0.4) is 0 Å². The van der Waals surface area contributed by atoms with Crippen LogP contribution in [0.1, 0.15) is 71.1 Å². The van der Waals surface area contributed by atoms with Crippen LogP contribution in [0.25, 0.3) is 0 Å². The van der Waals surface area contributed by atoms with E-state index in [4.69, 9.17) is 5.11 Å². The number of aliphatic carboxylic acids is 1. The molecule has 1 aliphatic rings. The number of unbranched alkanes of at least 4 members (excludes halogenated alkanes) is 2. The molecule has 0 aliphatic heterocycles. The Balaban J connectivity index is 2.50. The Morgan fingerprint density at radius 1 is 1.19 bits per heavy atom. The zero-order valence-electron chi connectivity index (χ0n) is 16.1. The topological polar surface area (TPSA) is 98.0 Å². The molecule has 7 heteroatoms. The molecule has 0 aromatic rings. The summed E-state index contributed by atoms with van der Waals surface area (Å²) in [6.45, 7) is 1.82. The number of aliphatic hydroxyl groups excluding tert-OH is 3. The van der Waals surface area contributed by atoms with Gasteiger partial charge in [-0.25, -0.2) is 8.78 Å². The van der Waals surface area contributed by atoms with Gasteiger partial charge >= 0.3 is 5.97 Å². The van der Waals surface area contributed by atoms with Gasteiger partial charge in [0.05, 0.1) is 12.2 Å². The van der Waals surface area contributed by atoms with Crippen molar-refractivity contribution in [1.82, 2.24) is 0 Å². The van der Waals surface area contributed by atoms with Crippen molar-refractivity contribution >= 4 is 5.97 Å². The van der Waals surface area contributed by atoms with Crippen LogP contribution in [-0.2, 0) is 4.79 Å². The zero-order chi connectivity index (χ0) is 20.4. The molecule has 0 radical (unpaired) electrons. The molecule has 0 saturated heterocycles. The molecule has 0 bridgehead atoms. The summed E-state index contributed by atoms with van der Waals surface area (Å²) in [6.07, 6.45) is 3.24. The maximum atomic E-state index is 13.9. The number of hydrogen-bond donors (Lipinski definition) is 4. The van der Waals surface area contributed by atoms with E-state index in [0.717, 1.165) is 0 Å². The minimum absolute atomic E-state index is 0.0991. The molecule has 5 unspecified atom stereocenters. The fourth-order valence-corrected chi connectivity index (χ4v) is 3.79. The molecular weight excluding hydrogens is 358 g/mol. The molecule has 5 atom stereocenters. The van der Waals surface area contributed by atoms with Gasteiger partial charge in [0.15, 0.2) is 0 Å². The number of allylic oxidation sites excluding steroid dienone is 2. The van der Waals surface area contributed by atoms with E-state index in [1.54, 1.807) is 0 Å². The molecule has 0 aromatic heterocycles. The highest BCUT2D eigenvalue weighted by Gasteiger charge is 2.43. The van der Waals surface area contributed by atoms with Crippen LogP contribution >= 0.6 is 0 Å². The highest BCUT2D eigenvalue weighted by atomic mass is 19.3. The summed E-state index contributed by atoms with van der Waals surface area (Å²) in [5.41, 5.74) is 0. The smallest absolute Gasteiger partial charge is 0.303 e. The second-order valence-electron chi connectivity index (χ2n) is 7.65. The number of carbonyl (C=O) groups is 1. The molecule has 0 amide bonds. The molecule has 4 N–H and O–H groups in total. The van der Waals surface area contributed by atoms with E-state index < -0.39 is 30.2 Å². The third-order valence-corrected chi connectivity index (χ3v) is 5.48. The summed E-state index contributed by atoms with van der Waals surface area (Å²) >= 11 is 0. The standard InChI is InChI=1S/C20H34F2O5/c1-2-3-12-20(21,22)18(25)11-10-15-14(16(23)13-17(15)24)8-6-4-5-7-9-19(26)27/h4,6,14-18,23-25H,2-3,5,7-13H2,1H3,(H,26,27)/b6-4+. The van der Waals surface area contributed by atoms with Crippen molar-refractivity contribution in [1.29, 1.82) is 0 Å². The number of alkyl halides is 2. The van der Waals surface area contributed by atoms with Crippen molar-refractivity contribution in [3.05, 3.63) is 12.2 Å². The minimum atomic E-state index is -3.13. The van der Waals surface area contributed by atoms with Gasteiger partial charge in [0.2, 0.25) is 0 Å². The Morgan fingerprint density at radius 3 is 2.48 bits per heavy atom. The van der Waals surface area contributed by atoms with Crippen LogP contribution in [0, 0.1) is 11.8 Å². The van der Waals surface area contributed by atoms with E-state index in [1.807, 2.05) is 19.1 Å². The SMILES string of the molecule is CCCCC(F)(F)C(O)CCC1C(O)CC(O)C1C/C=C/CCCC(=O)O. The lowest BCUT2D eigenvalue weighted by Crippen LogP contribution is -2.34. The molecule has 1 rings (SSSR count). The summed E-state index contributed by atoms with van der Waals surface area (Å²) in [6, 6.07) is 0. The van der Waals surface area contributed by atoms with Gasteiger partial charge in [-0.05, 0) is 56.8 Å². The van der Waals surface area contributed by atoms with E-state index in [0.29, 0.717) is 32.1 Å². The van der Waals surface area contributed by atoms with E-state index in [2.05, 4.69) is 0 Å². The number of carboxylic acids is 1. The van der Waals surface area contributed by atoms with Gasteiger partial charge in [-0.15, -0.1) is 0 Å². The largest absolute Gasteiger partial charge is 0.481 e. The second-order valence-corrected chi connectivity index (χ2v) is 7.65. The van der Waals surface area contributed by atoms with E-state index >= 15 is 0 Å². The summed E-state index contributed by atoms with van der Waals surface area (Å²) in [5.74, 6) is -4.54. The lowest BCUT2D eigenvalue weighted by atomic mass is 9.85. The van der Waals surface area contributed by atoms with Crippen molar-refractivity contribution < 1.29 is 34.0 Å². The molecule has 0 aromatic carbocycles. The van der Waals surface area contributed by atoms with Gasteiger partial charge in [0.1, 0.15) is 6.10 Å². The third kappa shape index (κ3) is 8.23. The summed E-state index contributed by atoms with van der Waals surface area (Å²) in [4.78, 5) is 10.5. The summed E-state index contributed by atoms with van der Waals surface area (Å²) in [7, 11) is 0. The van der Waals surface area contributed by atoms with Crippen LogP contribution in [-0.4, -0.2) is 50.6 Å². The highest BCUT2D eigenvalue weighted by Crippen LogP contribution is 2.39. The van der Waals surface area contributed by atoms with E-state index in [1.165, 1.54) is 0 Å². The number of aliphatic hydroxyl groups is 3. The average molecular weight is 392 g/mol. The number of halogens is 2. The number of carboxylic acid groups (broad SMARTS) is 1. The zero-order valence-corrected chi connectivity index (χ0v) is 16.1. The van der Waals surface area contributed by atoms with Gasteiger partial charge in [0.25, 0.3) is 5.92 Å². The van der Waals surface area contributed by atoms with Crippen molar-refractivity contribution in [3.8, 4) is 0 Å². The van der Waals surface area contributed by atoms with Crippen molar-refractivity contribution in [2.75, 3.05) is 0 Å². The van der Waals surface area contributed by atoms with Gasteiger partial charge in [-0.3, -0.25) is 4.79 Å². The maximum absolute atomic E-state index is 13.9. The van der Waals surface area contributed by atoms with E-state index in [9.17, 15) is 28.9 Å². The van der Waals surface area contributed by atoms with Crippen LogP contribution < -0.4 is 0 Å². The average Bonchev–Trinajstić information content (AvgIpc) is 2.86. The first kappa shape index (κ1) is 24.0. The van der Waals surface area contributed by atoms with Crippen molar-refractivity contribution in [2.45, 2.75) is 95.4 Å². The Bertz CT molecular complexity index is 469. The van der Waals surface area contributed by atoms with Gasteiger partial charge < -0.3 is 20.4 Å². The highest BCUT2D eigenvalue weighted by molar-refractivity contribution is 5.66. The first-order chi connectivity index (χ1) is 12.7. The van der Waals surface area contributed by atoms with Crippen LogP contribution in [0.4, 0.5) is 8.78 Å².